The predicted molar refractivity (Wildman–Crippen MR) is 36.4 cm³/mol. The topological polar surface area (TPSA) is 0 Å². The Balaban J connectivity index is 0.000000640. The molecule has 9 heavy (non-hydrogen) atoms. The van der Waals surface area contributed by atoms with Crippen LogP contribution in [0.4, 0.5) is 0 Å². The predicted octanol–water partition coefficient (Wildman–Crippen LogP) is 2.48. The van der Waals surface area contributed by atoms with E-state index >= 15 is 0 Å². The number of allylic oxidation sites excluding steroid dienone is 4. The largest absolute Gasteiger partial charge is 0.0764 e. The van der Waals surface area contributed by atoms with E-state index < -0.39 is 0 Å². The van der Waals surface area contributed by atoms with Gasteiger partial charge in [-0.25, -0.2) is 0 Å². The zero-order chi connectivity index (χ0) is 5.82. The van der Waals surface area contributed by atoms with Crippen LogP contribution in [0.5, 0.6) is 0 Å². The van der Waals surface area contributed by atoms with Gasteiger partial charge in [-0.15, -0.1) is 0 Å². The molecule has 0 bridgehead atoms. The van der Waals surface area contributed by atoms with Gasteiger partial charge in [0.1, 0.15) is 0 Å². The first-order chi connectivity index (χ1) is 3.93. The van der Waals surface area contributed by atoms with Crippen molar-refractivity contribution in [1.82, 2.24) is 0 Å². The molecular formula is C8H11Hf. The molecule has 0 N–H and O–H groups in total. The second kappa shape index (κ2) is 5.16. The van der Waals surface area contributed by atoms with Gasteiger partial charge in [-0.1, -0.05) is 37.1 Å². The first-order valence-corrected chi connectivity index (χ1v) is 3.14. The van der Waals surface area contributed by atoms with Crippen molar-refractivity contribution in [2.75, 3.05) is 0 Å². The third-order valence-electron chi connectivity index (χ3n) is 1.27. The van der Waals surface area contributed by atoms with Crippen LogP contribution in [0.2, 0.25) is 0 Å². The zero-order valence-corrected chi connectivity index (χ0v) is 9.32. The van der Waals surface area contributed by atoms with Gasteiger partial charge < -0.3 is 0 Å². The molecule has 0 aliphatic heterocycles. The van der Waals surface area contributed by atoms with Crippen molar-refractivity contribution in [3.05, 3.63) is 30.2 Å². The summed E-state index contributed by atoms with van der Waals surface area (Å²) in [7, 11) is 0. The summed E-state index contributed by atoms with van der Waals surface area (Å²) in [5.74, 6) is 0. The van der Waals surface area contributed by atoms with Crippen molar-refractivity contribution in [2.45, 2.75) is 19.8 Å². The summed E-state index contributed by atoms with van der Waals surface area (Å²) < 4.78 is 0. The van der Waals surface area contributed by atoms with Gasteiger partial charge in [0.05, 0.1) is 0 Å². The number of rotatable bonds is 2. The summed E-state index contributed by atoms with van der Waals surface area (Å²) in [4.78, 5) is 0. The Labute approximate surface area is 75.8 Å². The molecule has 1 radical (unpaired) electrons. The number of hydrogen-bond acceptors (Lipinski definition) is 0. The van der Waals surface area contributed by atoms with Crippen LogP contribution in [0, 0.1) is 6.42 Å². The molecule has 0 saturated heterocycles. The quantitative estimate of drug-likeness (QED) is 0.684. The Morgan fingerprint density at radius 1 is 1.44 bits per heavy atom. The van der Waals surface area contributed by atoms with E-state index in [9.17, 15) is 0 Å². The van der Waals surface area contributed by atoms with Crippen molar-refractivity contribution in [3.63, 3.8) is 0 Å². The molecule has 1 rings (SSSR count). The zero-order valence-electron chi connectivity index (χ0n) is 5.72. The Hall–Kier alpha value is 0.350. The van der Waals surface area contributed by atoms with Gasteiger partial charge in [-0.2, -0.15) is 0 Å². The van der Waals surface area contributed by atoms with E-state index in [2.05, 4.69) is 31.6 Å². The third-order valence-corrected chi connectivity index (χ3v) is 1.27. The Morgan fingerprint density at radius 2 is 2.22 bits per heavy atom. The van der Waals surface area contributed by atoms with Crippen molar-refractivity contribution in [1.29, 1.82) is 0 Å². The fourth-order valence-corrected chi connectivity index (χ4v) is 0.869. The summed E-state index contributed by atoms with van der Waals surface area (Å²) in [6, 6.07) is 0. The van der Waals surface area contributed by atoms with Crippen LogP contribution < -0.4 is 0 Å². The number of hydrogen-bond donors (Lipinski definition) is 0. The molecule has 0 spiro atoms. The molecule has 0 saturated carbocycles. The molecule has 0 fully saturated rings. The summed E-state index contributed by atoms with van der Waals surface area (Å²) in [6.07, 6.45) is 11.0. The average Bonchev–Trinajstić information content (AvgIpc) is 2.19. The first-order valence-electron chi connectivity index (χ1n) is 3.14. The van der Waals surface area contributed by atoms with E-state index in [4.69, 9.17) is 0 Å². The van der Waals surface area contributed by atoms with Crippen LogP contribution in [0.3, 0.4) is 0 Å². The summed E-state index contributed by atoms with van der Waals surface area (Å²) in [5, 5.41) is 0. The third kappa shape index (κ3) is 3.14. The molecule has 0 nitrogen and oxygen atoms in total. The summed E-state index contributed by atoms with van der Waals surface area (Å²) >= 11 is 0. The van der Waals surface area contributed by atoms with Crippen molar-refractivity contribution >= 4 is 0 Å². The monoisotopic (exact) mass is 287 g/mol. The minimum atomic E-state index is 0. The van der Waals surface area contributed by atoms with Gasteiger partial charge >= 0.3 is 0 Å². The molecule has 1 aliphatic rings. The summed E-state index contributed by atoms with van der Waals surface area (Å²) in [6.45, 7) is 2.20. The first kappa shape index (κ1) is 9.35. The van der Waals surface area contributed by atoms with Crippen molar-refractivity contribution < 1.29 is 25.8 Å². The summed E-state index contributed by atoms with van der Waals surface area (Å²) in [5.41, 5.74) is 1.47. The van der Waals surface area contributed by atoms with Gasteiger partial charge in [0.2, 0.25) is 0 Å². The van der Waals surface area contributed by atoms with Crippen LogP contribution >= 0.6 is 0 Å². The molecular weight excluding hydrogens is 275 g/mol. The minimum absolute atomic E-state index is 0. The molecule has 0 aromatic heterocycles. The van der Waals surface area contributed by atoms with Gasteiger partial charge in [0, 0.05) is 32.3 Å². The molecule has 0 aromatic rings. The van der Waals surface area contributed by atoms with Crippen LogP contribution in [0.25, 0.3) is 0 Å². The molecule has 1 aliphatic carbocycles. The second-order valence-corrected chi connectivity index (χ2v) is 2.04. The smallest absolute Gasteiger partial charge is 0.00535 e. The van der Waals surface area contributed by atoms with Crippen LogP contribution in [0.15, 0.2) is 23.8 Å². The molecule has 0 atom stereocenters. The Morgan fingerprint density at radius 3 is 2.67 bits per heavy atom. The SMILES string of the molecule is CCCC1=C[CH]C=C1.[Hf]. The molecule has 1 heteroatoms. The van der Waals surface area contributed by atoms with Gasteiger partial charge in [0.15, 0.2) is 0 Å². The second-order valence-electron chi connectivity index (χ2n) is 2.04. The normalized spacial score (nSPS) is 15.0. The Kier molecular flexibility index (Phi) is 5.36. The van der Waals surface area contributed by atoms with Crippen LogP contribution in [-0.2, 0) is 25.8 Å². The fraction of sp³-hybridized carbons (Fsp3) is 0.375. The van der Waals surface area contributed by atoms with Gasteiger partial charge in [0.25, 0.3) is 0 Å². The maximum Gasteiger partial charge on any atom is 0.00535 e. The van der Waals surface area contributed by atoms with Gasteiger partial charge in [-0.3, -0.25) is 0 Å². The average molecular weight is 286 g/mol. The van der Waals surface area contributed by atoms with E-state index in [0.717, 1.165) is 0 Å². The Bertz CT molecular complexity index is 123. The fourth-order valence-electron chi connectivity index (χ4n) is 0.869. The minimum Gasteiger partial charge on any atom is -0.0764 e. The van der Waals surface area contributed by atoms with Crippen LogP contribution in [-0.4, -0.2) is 0 Å². The van der Waals surface area contributed by atoms with Crippen molar-refractivity contribution in [3.8, 4) is 0 Å². The standard InChI is InChI=1S/C8H11.Hf/c1-2-5-8-6-3-4-7-8;/h3-4,6-7H,2,5H2,1H3;. The van der Waals surface area contributed by atoms with Crippen LogP contribution in [0.1, 0.15) is 19.8 Å². The maximum absolute atomic E-state index is 2.20. The van der Waals surface area contributed by atoms with Crippen molar-refractivity contribution in [2.24, 2.45) is 0 Å². The van der Waals surface area contributed by atoms with E-state index in [-0.39, 0.29) is 25.8 Å². The molecule has 0 unspecified atom stereocenters. The molecule has 47 valence electrons. The van der Waals surface area contributed by atoms with E-state index in [1.807, 2.05) is 0 Å². The maximum atomic E-state index is 2.20. The van der Waals surface area contributed by atoms with E-state index in [1.165, 1.54) is 18.4 Å². The van der Waals surface area contributed by atoms with Gasteiger partial charge in [-0.05, 0) is 6.42 Å². The molecule has 0 aromatic carbocycles. The molecule has 0 amide bonds. The van der Waals surface area contributed by atoms with E-state index in [0.29, 0.717) is 0 Å². The molecule has 0 heterocycles. The van der Waals surface area contributed by atoms with E-state index in [1.54, 1.807) is 0 Å².